The summed E-state index contributed by atoms with van der Waals surface area (Å²) >= 11 is 8.30. The fraction of sp³-hybridized carbons (Fsp3) is 0.471. The molecule has 1 heterocycles. The Hall–Kier alpha value is -1.18. The molecule has 3 rings (SSSR count). The molecule has 2 aromatic rings. The molecule has 128 valence electrons. The first-order valence-corrected chi connectivity index (χ1v) is 10.5. The minimum Gasteiger partial charge on any atom is -0.353 e. The van der Waals surface area contributed by atoms with E-state index in [-0.39, 0.29) is 5.91 Å². The summed E-state index contributed by atoms with van der Waals surface area (Å²) in [5.74, 6) is 0.493. The van der Waals surface area contributed by atoms with E-state index in [2.05, 4.69) is 10.4 Å². The SMILES string of the molecule is O=C(CSc1nn(-c2ccccc2)c(=S)s1)NC1CCCCCC1. The third-order valence-electron chi connectivity index (χ3n) is 4.08. The Morgan fingerprint density at radius 2 is 1.96 bits per heavy atom. The van der Waals surface area contributed by atoms with Gasteiger partial charge in [0.25, 0.3) is 0 Å². The van der Waals surface area contributed by atoms with Crippen molar-refractivity contribution in [2.45, 2.75) is 48.9 Å². The molecule has 1 amide bonds. The van der Waals surface area contributed by atoms with E-state index in [1.807, 2.05) is 30.3 Å². The molecular weight excluding hydrogens is 358 g/mol. The van der Waals surface area contributed by atoms with Crippen molar-refractivity contribution >= 4 is 41.2 Å². The number of aromatic nitrogens is 2. The molecular formula is C17H21N3OS3. The van der Waals surface area contributed by atoms with Crippen LogP contribution in [0.5, 0.6) is 0 Å². The summed E-state index contributed by atoms with van der Waals surface area (Å²) < 4.78 is 3.29. The first kappa shape index (κ1) is 17.6. The lowest BCUT2D eigenvalue weighted by Crippen LogP contribution is -2.35. The molecule has 1 aromatic carbocycles. The fourth-order valence-corrected chi connectivity index (χ4v) is 5.04. The second kappa shape index (κ2) is 8.78. The van der Waals surface area contributed by atoms with Crippen molar-refractivity contribution < 1.29 is 4.79 Å². The molecule has 0 bridgehead atoms. The van der Waals surface area contributed by atoms with Gasteiger partial charge in [0.2, 0.25) is 5.91 Å². The number of benzene rings is 1. The molecule has 0 atom stereocenters. The highest BCUT2D eigenvalue weighted by molar-refractivity contribution is 8.01. The molecule has 0 unspecified atom stereocenters. The van der Waals surface area contributed by atoms with Gasteiger partial charge >= 0.3 is 0 Å². The summed E-state index contributed by atoms with van der Waals surface area (Å²) in [5, 5.41) is 7.69. The Kier molecular flexibility index (Phi) is 6.45. The van der Waals surface area contributed by atoms with E-state index in [1.54, 1.807) is 4.68 Å². The average Bonchev–Trinajstić information content (AvgIpc) is 2.79. The zero-order valence-corrected chi connectivity index (χ0v) is 15.9. The van der Waals surface area contributed by atoms with Gasteiger partial charge in [0.1, 0.15) is 0 Å². The number of nitrogens with one attached hydrogen (secondary N) is 1. The fourth-order valence-electron chi connectivity index (χ4n) is 2.87. The molecule has 1 aromatic heterocycles. The van der Waals surface area contributed by atoms with Crippen LogP contribution in [0.4, 0.5) is 0 Å². The highest BCUT2D eigenvalue weighted by Crippen LogP contribution is 2.24. The molecule has 7 heteroatoms. The van der Waals surface area contributed by atoms with E-state index < -0.39 is 0 Å². The van der Waals surface area contributed by atoms with Crippen LogP contribution in [0.1, 0.15) is 38.5 Å². The maximum absolute atomic E-state index is 12.2. The lowest BCUT2D eigenvalue weighted by Gasteiger charge is -2.15. The zero-order chi connectivity index (χ0) is 16.8. The lowest BCUT2D eigenvalue weighted by molar-refractivity contribution is -0.119. The number of para-hydroxylation sites is 1. The third kappa shape index (κ3) is 4.91. The second-order valence-corrected chi connectivity index (χ2v) is 8.77. The van der Waals surface area contributed by atoms with Crippen molar-refractivity contribution in [3.05, 3.63) is 34.3 Å². The molecule has 0 saturated heterocycles. The van der Waals surface area contributed by atoms with Gasteiger partial charge in [-0.1, -0.05) is 67.0 Å². The molecule has 0 radical (unpaired) electrons. The number of thioether (sulfide) groups is 1. The predicted molar refractivity (Wildman–Crippen MR) is 103 cm³/mol. The number of nitrogens with zero attached hydrogens (tertiary/aromatic N) is 2. The van der Waals surface area contributed by atoms with Crippen LogP contribution >= 0.6 is 35.3 Å². The molecule has 1 aliphatic carbocycles. The van der Waals surface area contributed by atoms with Gasteiger partial charge in [-0.2, -0.15) is 0 Å². The summed E-state index contributed by atoms with van der Waals surface area (Å²) in [7, 11) is 0. The van der Waals surface area contributed by atoms with Crippen LogP contribution in [0.2, 0.25) is 0 Å². The van der Waals surface area contributed by atoms with Gasteiger partial charge in [0, 0.05) is 6.04 Å². The molecule has 0 spiro atoms. The van der Waals surface area contributed by atoms with Crippen molar-refractivity contribution in [1.29, 1.82) is 0 Å². The maximum Gasteiger partial charge on any atom is 0.230 e. The standard InChI is InChI=1S/C17H21N3OS3/c21-15(18-13-8-4-1-2-5-9-13)12-23-16-19-20(17(22)24-16)14-10-6-3-7-11-14/h3,6-7,10-11,13H,1-2,4-5,8-9,12H2,(H,18,21). The van der Waals surface area contributed by atoms with E-state index in [1.165, 1.54) is 48.8 Å². The predicted octanol–water partition coefficient (Wildman–Crippen LogP) is 4.59. The van der Waals surface area contributed by atoms with Crippen LogP contribution in [0, 0.1) is 3.95 Å². The highest BCUT2D eigenvalue weighted by atomic mass is 32.2. The minimum atomic E-state index is 0.0966. The van der Waals surface area contributed by atoms with Crippen molar-refractivity contribution in [3.8, 4) is 5.69 Å². The van der Waals surface area contributed by atoms with E-state index in [0.29, 0.717) is 15.7 Å². The monoisotopic (exact) mass is 379 g/mol. The van der Waals surface area contributed by atoms with Crippen molar-refractivity contribution in [1.82, 2.24) is 15.1 Å². The summed E-state index contributed by atoms with van der Waals surface area (Å²) in [4.78, 5) is 12.2. The summed E-state index contributed by atoms with van der Waals surface area (Å²) in [5.41, 5.74) is 0.952. The van der Waals surface area contributed by atoms with Gasteiger partial charge in [-0.05, 0) is 37.2 Å². The number of rotatable bonds is 5. The van der Waals surface area contributed by atoms with E-state index in [0.717, 1.165) is 22.9 Å². The van der Waals surface area contributed by atoms with Crippen molar-refractivity contribution in [3.63, 3.8) is 0 Å². The third-order valence-corrected chi connectivity index (χ3v) is 6.44. The summed E-state index contributed by atoms with van der Waals surface area (Å²) in [6, 6.07) is 10.2. The van der Waals surface area contributed by atoms with Crippen LogP contribution in [0.3, 0.4) is 0 Å². The average molecular weight is 380 g/mol. The largest absolute Gasteiger partial charge is 0.353 e. The van der Waals surface area contributed by atoms with Crippen LogP contribution in [-0.4, -0.2) is 27.5 Å². The molecule has 24 heavy (non-hydrogen) atoms. The highest BCUT2D eigenvalue weighted by Gasteiger charge is 2.15. The molecule has 4 nitrogen and oxygen atoms in total. The van der Waals surface area contributed by atoms with Gasteiger partial charge in [0.05, 0.1) is 11.4 Å². The number of hydrogen-bond acceptors (Lipinski definition) is 5. The van der Waals surface area contributed by atoms with E-state index in [9.17, 15) is 4.79 Å². The molecule has 1 saturated carbocycles. The molecule has 1 N–H and O–H groups in total. The Labute approximate surface area is 155 Å². The molecule has 1 fully saturated rings. The Morgan fingerprint density at radius 3 is 2.67 bits per heavy atom. The first-order chi connectivity index (χ1) is 11.7. The Bertz CT molecular complexity index is 718. The quantitative estimate of drug-likeness (QED) is 0.469. The van der Waals surface area contributed by atoms with Gasteiger partial charge in [-0.15, -0.1) is 5.10 Å². The minimum absolute atomic E-state index is 0.0966. The molecule has 0 aliphatic heterocycles. The number of amides is 1. The van der Waals surface area contributed by atoms with Gasteiger partial charge in [-0.25, -0.2) is 4.68 Å². The first-order valence-electron chi connectivity index (χ1n) is 8.30. The van der Waals surface area contributed by atoms with Crippen LogP contribution in [0.25, 0.3) is 5.69 Å². The van der Waals surface area contributed by atoms with Crippen LogP contribution < -0.4 is 5.32 Å². The zero-order valence-electron chi connectivity index (χ0n) is 13.4. The summed E-state index contributed by atoms with van der Waals surface area (Å²) in [6.45, 7) is 0. The Morgan fingerprint density at radius 1 is 1.25 bits per heavy atom. The van der Waals surface area contributed by atoms with Crippen LogP contribution in [-0.2, 0) is 4.79 Å². The second-order valence-electron chi connectivity index (χ2n) is 5.93. The normalized spacial score (nSPS) is 15.8. The van der Waals surface area contributed by atoms with Gasteiger partial charge < -0.3 is 5.32 Å². The van der Waals surface area contributed by atoms with E-state index in [4.69, 9.17) is 12.2 Å². The molecule has 1 aliphatic rings. The number of hydrogen-bond donors (Lipinski definition) is 1. The topological polar surface area (TPSA) is 46.9 Å². The summed E-state index contributed by atoms with van der Waals surface area (Å²) in [6.07, 6.45) is 7.25. The van der Waals surface area contributed by atoms with Gasteiger partial charge in [0.15, 0.2) is 8.29 Å². The smallest absolute Gasteiger partial charge is 0.230 e. The lowest BCUT2D eigenvalue weighted by atomic mass is 10.1. The van der Waals surface area contributed by atoms with Crippen LogP contribution in [0.15, 0.2) is 34.7 Å². The van der Waals surface area contributed by atoms with E-state index >= 15 is 0 Å². The maximum atomic E-state index is 12.2. The Balaban J connectivity index is 1.55. The van der Waals surface area contributed by atoms with Gasteiger partial charge in [-0.3, -0.25) is 4.79 Å². The van der Waals surface area contributed by atoms with Crippen molar-refractivity contribution in [2.24, 2.45) is 0 Å². The number of carbonyl (C=O) groups excluding carboxylic acids is 1. The number of carbonyl (C=O) groups is 1. The van der Waals surface area contributed by atoms with Crippen molar-refractivity contribution in [2.75, 3.05) is 5.75 Å².